The summed E-state index contributed by atoms with van der Waals surface area (Å²) in [5.41, 5.74) is 0.762. The minimum atomic E-state index is -0.312. The Bertz CT molecular complexity index is 691. The van der Waals surface area contributed by atoms with Crippen molar-refractivity contribution >= 4 is 11.6 Å². The lowest BCUT2D eigenvalue weighted by atomic mass is 9.96. The highest BCUT2D eigenvalue weighted by Gasteiger charge is 2.19. The average Bonchev–Trinajstić information content (AvgIpc) is 2.53. The number of hydrogen-bond acceptors (Lipinski definition) is 5. The second-order valence-electron chi connectivity index (χ2n) is 6.04. The molecule has 0 unspecified atom stereocenters. The van der Waals surface area contributed by atoms with Gasteiger partial charge in [0.25, 0.3) is 5.91 Å². The summed E-state index contributed by atoms with van der Waals surface area (Å²) in [6.07, 6.45) is 3.19. The highest BCUT2D eigenvalue weighted by Crippen LogP contribution is 2.31. The summed E-state index contributed by atoms with van der Waals surface area (Å²) in [5, 5.41) is 2.76. The fourth-order valence-electron chi connectivity index (χ4n) is 2.04. The second kappa shape index (κ2) is 6.64. The van der Waals surface area contributed by atoms with Crippen LogP contribution in [0.3, 0.4) is 0 Å². The molecule has 0 spiro atoms. The summed E-state index contributed by atoms with van der Waals surface area (Å²) in [7, 11) is 3.02. The van der Waals surface area contributed by atoms with Crippen molar-refractivity contribution in [3.05, 3.63) is 42.0 Å². The van der Waals surface area contributed by atoms with Crippen LogP contribution in [-0.4, -0.2) is 30.1 Å². The first-order valence-electron chi connectivity index (χ1n) is 7.21. The number of rotatable bonds is 4. The van der Waals surface area contributed by atoms with Crippen molar-refractivity contribution in [3.63, 3.8) is 0 Å². The molecule has 0 atom stereocenters. The Balaban J connectivity index is 2.23. The first-order chi connectivity index (χ1) is 10.9. The number of nitrogens with zero attached hydrogens (tertiary/aromatic N) is 2. The molecule has 6 nitrogen and oxygen atoms in total. The minimum Gasteiger partial charge on any atom is -0.493 e. The number of amides is 1. The van der Waals surface area contributed by atoms with Crippen LogP contribution in [-0.2, 0) is 5.41 Å². The molecule has 6 heteroatoms. The molecule has 23 heavy (non-hydrogen) atoms. The van der Waals surface area contributed by atoms with Crippen LogP contribution in [0.5, 0.6) is 11.5 Å². The summed E-state index contributed by atoms with van der Waals surface area (Å²) >= 11 is 0. The average molecular weight is 315 g/mol. The number of aromatic nitrogens is 2. The topological polar surface area (TPSA) is 73.3 Å². The van der Waals surface area contributed by atoms with Gasteiger partial charge >= 0.3 is 0 Å². The molecular weight excluding hydrogens is 294 g/mol. The Labute approximate surface area is 135 Å². The molecule has 0 fully saturated rings. The van der Waals surface area contributed by atoms with Crippen LogP contribution in [0.4, 0.5) is 5.69 Å². The zero-order valence-electron chi connectivity index (χ0n) is 14.0. The molecular formula is C17H21N3O3. The van der Waals surface area contributed by atoms with E-state index in [9.17, 15) is 4.79 Å². The number of nitrogens with one attached hydrogen (secondary N) is 1. The molecule has 0 radical (unpaired) electrons. The van der Waals surface area contributed by atoms with Gasteiger partial charge in [0, 0.05) is 5.41 Å². The molecule has 1 aromatic carbocycles. The Morgan fingerprint density at radius 1 is 1.09 bits per heavy atom. The Kier molecular flexibility index (Phi) is 4.83. The number of carbonyl (C=O) groups excluding carboxylic acids is 1. The van der Waals surface area contributed by atoms with Crippen molar-refractivity contribution in [2.24, 2.45) is 0 Å². The molecule has 0 bridgehead atoms. The number of benzene rings is 1. The van der Waals surface area contributed by atoms with Crippen molar-refractivity contribution in [1.82, 2.24) is 9.97 Å². The van der Waals surface area contributed by atoms with E-state index in [2.05, 4.69) is 15.3 Å². The lowest BCUT2D eigenvalue weighted by Gasteiger charge is -2.16. The Hall–Kier alpha value is -2.63. The molecule has 1 N–H and O–H groups in total. The third kappa shape index (κ3) is 3.77. The number of methoxy groups -OCH3 is 2. The fourth-order valence-corrected chi connectivity index (χ4v) is 2.04. The minimum absolute atomic E-state index is 0.140. The van der Waals surface area contributed by atoms with Crippen molar-refractivity contribution in [2.45, 2.75) is 26.2 Å². The summed E-state index contributed by atoms with van der Waals surface area (Å²) in [6, 6.07) is 5.13. The highest BCUT2D eigenvalue weighted by molar-refractivity contribution is 6.06. The van der Waals surface area contributed by atoms with E-state index >= 15 is 0 Å². The van der Waals surface area contributed by atoms with Gasteiger partial charge in [-0.3, -0.25) is 4.79 Å². The molecule has 0 aliphatic heterocycles. The van der Waals surface area contributed by atoms with E-state index in [1.54, 1.807) is 30.6 Å². The standard InChI is InChI=1S/C17H21N3O3/c1-17(2,3)16-18-9-11(10-19-16)20-15(21)12-7-6-8-13(22-4)14(12)23-5/h6-10H,1-5H3,(H,20,21). The Morgan fingerprint density at radius 2 is 1.74 bits per heavy atom. The van der Waals surface area contributed by atoms with Crippen molar-refractivity contribution < 1.29 is 14.3 Å². The number of para-hydroxylation sites is 1. The Morgan fingerprint density at radius 3 is 2.26 bits per heavy atom. The lowest BCUT2D eigenvalue weighted by molar-refractivity contribution is 0.102. The highest BCUT2D eigenvalue weighted by atomic mass is 16.5. The molecule has 0 saturated carbocycles. The maximum atomic E-state index is 12.4. The van der Waals surface area contributed by atoms with E-state index in [1.165, 1.54) is 14.2 Å². The van der Waals surface area contributed by atoms with Crippen molar-refractivity contribution in [2.75, 3.05) is 19.5 Å². The van der Waals surface area contributed by atoms with Gasteiger partial charge < -0.3 is 14.8 Å². The summed E-state index contributed by atoms with van der Waals surface area (Å²) in [5.74, 6) is 1.29. The summed E-state index contributed by atoms with van der Waals surface area (Å²) in [6.45, 7) is 6.09. The second-order valence-corrected chi connectivity index (χ2v) is 6.04. The number of carbonyl (C=O) groups is 1. The van der Waals surface area contributed by atoms with Crippen LogP contribution in [0.25, 0.3) is 0 Å². The third-order valence-electron chi connectivity index (χ3n) is 3.23. The van der Waals surface area contributed by atoms with Crippen LogP contribution in [0.1, 0.15) is 37.0 Å². The zero-order chi connectivity index (χ0) is 17.0. The van der Waals surface area contributed by atoms with Gasteiger partial charge in [0.2, 0.25) is 0 Å². The molecule has 1 amide bonds. The summed E-state index contributed by atoms with van der Waals surface area (Å²) < 4.78 is 10.5. The van der Waals surface area contributed by atoms with E-state index < -0.39 is 0 Å². The molecule has 2 aromatic rings. The number of ether oxygens (including phenoxy) is 2. The SMILES string of the molecule is COc1cccc(C(=O)Nc2cnc(C(C)(C)C)nc2)c1OC. The predicted octanol–water partition coefficient (Wildman–Crippen LogP) is 3.04. The van der Waals surface area contributed by atoms with Crippen molar-refractivity contribution in [1.29, 1.82) is 0 Å². The van der Waals surface area contributed by atoms with Gasteiger partial charge in [-0.25, -0.2) is 9.97 Å². The van der Waals surface area contributed by atoms with Gasteiger partial charge in [-0.05, 0) is 12.1 Å². The van der Waals surface area contributed by atoms with Crippen LogP contribution >= 0.6 is 0 Å². The van der Waals surface area contributed by atoms with E-state index in [4.69, 9.17) is 9.47 Å². The van der Waals surface area contributed by atoms with Crippen molar-refractivity contribution in [3.8, 4) is 11.5 Å². The quantitative estimate of drug-likeness (QED) is 0.938. The fraction of sp³-hybridized carbons (Fsp3) is 0.353. The third-order valence-corrected chi connectivity index (χ3v) is 3.23. The van der Waals surface area contributed by atoms with Gasteiger partial charge in [-0.15, -0.1) is 0 Å². The molecule has 2 rings (SSSR count). The van der Waals surface area contributed by atoms with E-state index in [0.717, 1.165) is 5.82 Å². The van der Waals surface area contributed by atoms with Crippen LogP contribution in [0.15, 0.2) is 30.6 Å². The maximum Gasteiger partial charge on any atom is 0.259 e. The number of anilines is 1. The predicted molar refractivity (Wildman–Crippen MR) is 88.2 cm³/mol. The van der Waals surface area contributed by atoms with E-state index in [-0.39, 0.29) is 11.3 Å². The zero-order valence-corrected chi connectivity index (χ0v) is 14.0. The van der Waals surface area contributed by atoms with Gasteiger partial charge in [0.05, 0.1) is 37.9 Å². The van der Waals surface area contributed by atoms with E-state index in [0.29, 0.717) is 22.7 Å². The molecule has 122 valence electrons. The first-order valence-corrected chi connectivity index (χ1v) is 7.21. The molecule has 1 heterocycles. The van der Waals surface area contributed by atoms with Crippen LogP contribution < -0.4 is 14.8 Å². The molecule has 0 aliphatic rings. The van der Waals surface area contributed by atoms with Gasteiger partial charge in [0.1, 0.15) is 5.82 Å². The van der Waals surface area contributed by atoms with Crippen LogP contribution in [0, 0.1) is 0 Å². The van der Waals surface area contributed by atoms with Crippen LogP contribution in [0.2, 0.25) is 0 Å². The molecule has 0 aliphatic carbocycles. The molecule has 0 saturated heterocycles. The summed E-state index contributed by atoms with van der Waals surface area (Å²) in [4.78, 5) is 21.0. The lowest BCUT2D eigenvalue weighted by Crippen LogP contribution is -2.17. The van der Waals surface area contributed by atoms with E-state index in [1.807, 2.05) is 20.8 Å². The largest absolute Gasteiger partial charge is 0.493 e. The normalized spacial score (nSPS) is 11.0. The van der Waals surface area contributed by atoms with Gasteiger partial charge in [0.15, 0.2) is 11.5 Å². The smallest absolute Gasteiger partial charge is 0.259 e. The molecule has 1 aromatic heterocycles. The van der Waals surface area contributed by atoms with Gasteiger partial charge in [-0.1, -0.05) is 26.8 Å². The first kappa shape index (κ1) is 16.7. The number of hydrogen-bond donors (Lipinski definition) is 1. The maximum absolute atomic E-state index is 12.4. The monoisotopic (exact) mass is 315 g/mol. The van der Waals surface area contributed by atoms with Gasteiger partial charge in [-0.2, -0.15) is 0 Å².